The van der Waals surface area contributed by atoms with Crippen molar-refractivity contribution in [2.75, 3.05) is 17.2 Å². The Labute approximate surface area is 90.9 Å². The lowest BCUT2D eigenvalue weighted by atomic mass is 10.1. The Kier molecular flexibility index (Phi) is 4.16. The van der Waals surface area contributed by atoms with Gasteiger partial charge in [-0.3, -0.25) is 4.79 Å². The number of hydrogen-bond acceptors (Lipinski definition) is 2. The molecule has 0 fully saturated rings. The van der Waals surface area contributed by atoms with Gasteiger partial charge in [-0.25, -0.2) is 0 Å². The van der Waals surface area contributed by atoms with Crippen molar-refractivity contribution in [3.63, 3.8) is 0 Å². The first-order chi connectivity index (χ1) is 7.17. The highest BCUT2D eigenvalue weighted by Crippen LogP contribution is 2.20. The first-order valence-corrected chi connectivity index (χ1v) is 5.31. The van der Waals surface area contributed by atoms with Gasteiger partial charge in [0.1, 0.15) is 0 Å². The van der Waals surface area contributed by atoms with Crippen molar-refractivity contribution in [3.8, 4) is 0 Å². The number of anilines is 2. The average Bonchev–Trinajstić information content (AvgIpc) is 2.23. The summed E-state index contributed by atoms with van der Waals surface area (Å²) in [7, 11) is 0. The number of rotatable bonds is 4. The van der Waals surface area contributed by atoms with Gasteiger partial charge < -0.3 is 10.6 Å². The summed E-state index contributed by atoms with van der Waals surface area (Å²) in [4.78, 5) is 11.2. The molecule has 1 rings (SSSR count). The Morgan fingerprint density at radius 3 is 2.67 bits per heavy atom. The van der Waals surface area contributed by atoms with Gasteiger partial charge in [0.15, 0.2) is 0 Å². The number of nitrogens with one attached hydrogen (secondary N) is 2. The molecule has 0 atom stereocenters. The highest BCUT2D eigenvalue weighted by atomic mass is 16.1. The summed E-state index contributed by atoms with van der Waals surface area (Å²) < 4.78 is 0. The quantitative estimate of drug-likeness (QED) is 0.795. The van der Waals surface area contributed by atoms with E-state index in [0.29, 0.717) is 6.42 Å². The van der Waals surface area contributed by atoms with E-state index in [-0.39, 0.29) is 5.91 Å². The fourth-order valence-electron chi connectivity index (χ4n) is 1.33. The molecule has 0 aliphatic carbocycles. The van der Waals surface area contributed by atoms with Crippen molar-refractivity contribution in [1.82, 2.24) is 0 Å². The van der Waals surface area contributed by atoms with Crippen LogP contribution in [0.3, 0.4) is 0 Å². The van der Waals surface area contributed by atoms with Crippen molar-refractivity contribution in [2.45, 2.75) is 27.2 Å². The number of hydrogen-bond donors (Lipinski definition) is 2. The molecule has 0 aliphatic heterocycles. The van der Waals surface area contributed by atoms with E-state index in [9.17, 15) is 4.79 Å². The Morgan fingerprint density at radius 1 is 1.33 bits per heavy atom. The third kappa shape index (κ3) is 3.27. The third-order valence-electron chi connectivity index (χ3n) is 2.21. The van der Waals surface area contributed by atoms with Crippen LogP contribution in [0.1, 0.15) is 25.8 Å². The maximum atomic E-state index is 11.2. The van der Waals surface area contributed by atoms with Crippen LogP contribution in [0.15, 0.2) is 18.2 Å². The zero-order valence-corrected chi connectivity index (χ0v) is 9.55. The summed E-state index contributed by atoms with van der Waals surface area (Å²) in [5, 5.41) is 6.09. The van der Waals surface area contributed by atoms with E-state index in [1.54, 1.807) is 0 Å². The van der Waals surface area contributed by atoms with E-state index < -0.39 is 0 Å². The van der Waals surface area contributed by atoms with Crippen LogP contribution in [0.25, 0.3) is 0 Å². The molecule has 0 spiro atoms. The molecule has 1 amide bonds. The standard InChI is InChI=1S/C12H18N2O/c1-4-12(15)14-10-7-6-9(3)11(8-10)13-5-2/h6-8,13H,4-5H2,1-3H3,(H,14,15). The smallest absolute Gasteiger partial charge is 0.224 e. The van der Waals surface area contributed by atoms with Crippen molar-refractivity contribution < 1.29 is 4.79 Å². The van der Waals surface area contributed by atoms with Gasteiger partial charge >= 0.3 is 0 Å². The minimum Gasteiger partial charge on any atom is -0.385 e. The van der Waals surface area contributed by atoms with Crippen molar-refractivity contribution in [1.29, 1.82) is 0 Å². The summed E-state index contributed by atoms with van der Waals surface area (Å²) in [5.74, 6) is 0.0429. The fourth-order valence-corrected chi connectivity index (χ4v) is 1.33. The van der Waals surface area contributed by atoms with Crippen LogP contribution in [0, 0.1) is 6.92 Å². The predicted molar refractivity (Wildman–Crippen MR) is 64.3 cm³/mol. The minimum absolute atomic E-state index is 0.0429. The van der Waals surface area contributed by atoms with E-state index in [4.69, 9.17) is 0 Å². The van der Waals surface area contributed by atoms with Crippen LogP contribution in [0.2, 0.25) is 0 Å². The Bertz CT molecular complexity index is 347. The Morgan fingerprint density at radius 2 is 2.07 bits per heavy atom. The lowest BCUT2D eigenvalue weighted by Crippen LogP contribution is -2.10. The van der Waals surface area contributed by atoms with Gasteiger partial charge in [-0.15, -0.1) is 0 Å². The van der Waals surface area contributed by atoms with Crippen LogP contribution in [-0.4, -0.2) is 12.5 Å². The van der Waals surface area contributed by atoms with Crippen molar-refractivity contribution in [2.24, 2.45) is 0 Å². The van der Waals surface area contributed by atoms with Gasteiger partial charge in [-0.2, -0.15) is 0 Å². The molecule has 0 heterocycles. The van der Waals surface area contributed by atoms with Crippen LogP contribution >= 0.6 is 0 Å². The number of amides is 1. The highest BCUT2D eigenvalue weighted by molar-refractivity contribution is 5.91. The molecule has 0 radical (unpaired) electrons. The average molecular weight is 206 g/mol. The van der Waals surface area contributed by atoms with E-state index in [2.05, 4.69) is 17.6 Å². The molecule has 3 nitrogen and oxygen atoms in total. The van der Waals surface area contributed by atoms with Crippen LogP contribution < -0.4 is 10.6 Å². The second kappa shape index (κ2) is 5.39. The van der Waals surface area contributed by atoms with Crippen molar-refractivity contribution in [3.05, 3.63) is 23.8 Å². The second-order valence-corrected chi connectivity index (χ2v) is 3.46. The van der Waals surface area contributed by atoms with Crippen LogP contribution in [0.5, 0.6) is 0 Å². The van der Waals surface area contributed by atoms with E-state index in [0.717, 1.165) is 17.9 Å². The SMILES string of the molecule is CCNc1cc(NC(=O)CC)ccc1C. The van der Waals surface area contributed by atoms with E-state index in [1.807, 2.05) is 32.0 Å². The molecule has 15 heavy (non-hydrogen) atoms. The van der Waals surface area contributed by atoms with Crippen molar-refractivity contribution >= 4 is 17.3 Å². The third-order valence-corrected chi connectivity index (χ3v) is 2.21. The van der Waals surface area contributed by atoms with E-state index >= 15 is 0 Å². The topological polar surface area (TPSA) is 41.1 Å². The minimum atomic E-state index is 0.0429. The van der Waals surface area contributed by atoms with Crippen LogP contribution in [-0.2, 0) is 4.79 Å². The zero-order valence-electron chi connectivity index (χ0n) is 9.55. The Balaban J connectivity index is 2.82. The number of carbonyl (C=O) groups excluding carboxylic acids is 1. The highest BCUT2D eigenvalue weighted by Gasteiger charge is 2.01. The molecular formula is C12H18N2O. The first kappa shape index (κ1) is 11.6. The van der Waals surface area contributed by atoms with Gasteiger partial charge in [0.2, 0.25) is 5.91 Å². The fraction of sp³-hybridized carbons (Fsp3) is 0.417. The molecule has 0 bridgehead atoms. The van der Waals surface area contributed by atoms with E-state index in [1.165, 1.54) is 5.56 Å². The molecule has 0 unspecified atom stereocenters. The number of benzene rings is 1. The molecule has 82 valence electrons. The predicted octanol–water partition coefficient (Wildman–Crippen LogP) is 2.78. The summed E-state index contributed by atoms with van der Waals surface area (Å²) in [6.07, 6.45) is 0.504. The largest absolute Gasteiger partial charge is 0.385 e. The maximum absolute atomic E-state index is 11.2. The number of carbonyl (C=O) groups is 1. The lowest BCUT2D eigenvalue weighted by molar-refractivity contribution is -0.115. The van der Waals surface area contributed by atoms with Gasteiger partial charge in [0.25, 0.3) is 0 Å². The van der Waals surface area contributed by atoms with Gasteiger partial charge in [-0.1, -0.05) is 13.0 Å². The molecule has 0 saturated heterocycles. The normalized spacial score (nSPS) is 9.80. The Hall–Kier alpha value is -1.51. The molecule has 0 aliphatic rings. The molecule has 3 heteroatoms. The van der Waals surface area contributed by atoms with Crippen LogP contribution in [0.4, 0.5) is 11.4 Å². The lowest BCUT2D eigenvalue weighted by Gasteiger charge is -2.10. The molecular weight excluding hydrogens is 188 g/mol. The molecule has 1 aromatic carbocycles. The maximum Gasteiger partial charge on any atom is 0.224 e. The summed E-state index contributed by atoms with van der Waals surface area (Å²) in [6, 6.07) is 5.89. The van der Waals surface area contributed by atoms with Gasteiger partial charge in [0.05, 0.1) is 0 Å². The monoisotopic (exact) mass is 206 g/mol. The number of aryl methyl sites for hydroxylation is 1. The molecule has 0 aromatic heterocycles. The second-order valence-electron chi connectivity index (χ2n) is 3.46. The molecule has 0 saturated carbocycles. The summed E-state index contributed by atoms with van der Waals surface area (Å²) in [5.41, 5.74) is 3.11. The first-order valence-electron chi connectivity index (χ1n) is 5.31. The summed E-state index contributed by atoms with van der Waals surface area (Å²) >= 11 is 0. The molecule has 2 N–H and O–H groups in total. The zero-order chi connectivity index (χ0) is 11.3. The summed E-state index contributed by atoms with van der Waals surface area (Å²) in [6.45, 7) is 6.82. The van der Waals surface area contributed by atoms with Gasteiger partial charge in [0, 0.05) is 24.3 Å². The van der Waals surface area contributed by atoms with Gasteiger partial charge in [-0.05, 0) is 31.5 Å². The molecule has 1 aromatic rings.